The average molecular weight is 392 g/mol. The zero-order valence-corrected chi connectivity index (χ0v) is 16.8. The molecule has 9 nitrogen and oxygen atoms in total. The van der Waals surface area contributed by atoms with Crippen LogP contribution < -0.4 is 5.32 Å². The standard InChI is InChI=1S/C20H24N8O/c1-14(2)13-29-11-7-18-25-26-19-12-15(6-10-28(18)19)16-4-8-21-20(23-16)24-17-5-9-22-27(17)3/h4-6,8-10,12,14H,7,11,13H2,1-3H3,(H,21,23,24). The van der Waals surface area contributed by atoms with Crippen LogP contribution in [-0.2, 0) is 18.2 Å². The molecule has 0 fully saturated rings. The summed E-state index contributed by atoms with van der Waals surface area (Å²) in [6.07, 6.45) is 6.14. The van der Waals surface area contributed by atoms with Crippen LogP contribution in [0.4, 0.5) is 11.8 Å². The lowest BCUT2D eigenvalue weighted by atomic mass is 10.2. The van der Waals surface area contributed by atoms with Crippen molar-refractivity contribution in [2.75, 3.05) is 18.5 Å². The summed E-state index contributed by atoms with van der Waals surface area (Å²) in [4.78, 5) is 8.90. The maximum Gasteiger partial charge on any atom is 0.228 e. The normalized spacial score (nSPS) is 11.4. The largest absolute Gasteiger partial charge is 0.381 e. The van der Waals surface area contributed by atoms with Crippen LogP contribution in [0.25, 0.3) is 16.9 Å². The van der Waals surface area contributed by atoms with E-state index in [9.17, 15) is 0 Å². The number of anilines is 2. The third kappa shape index (κ3) is 4.40. The minimum Gasteiger partial charge on any atom is -0.381 e. The number of rotatable bonds is 8. The van der Waals surface area contributed by atoms with Crippen molar-refractivity contribution in [1.82, 2.24) is 34.3 Å². The van der Waals surface area contributed by atoms with E-state index in [4.69, 9.17) is 4.74 Å². The number of aromatic nitrogens is 7. The van der Waals surface area contributed by atoms with Crippen LogP contribution in [0.3, 0.4) is 0 Å². The first-order chi connectivity index (χ1) is 14.1. The van der Waals surface area contributed by atoms with Gasteiger partial charge in [-0.05, 0) is 24.1 Å². The van der Waals surface area contributed by atoms with Crippen molar-refractivity contribution in [3.8, 4) is 11.3 Å². The van der Waals surface area contributed by atoms with E-state index in [1.54, 1.807) is 17.1 Å². The molecule has 0 saturated carbocycles. The van der Waals surface area contributed by atoms with E-state index in [-0.39, 0.29) is 0 Å². The Morgan fingerprint density at radius 3 is 2.83 bits per heavy atom. The predicted octanol–water partition coefficient (Wildman–Crippen LogP) is 2.88. The summed E-state index contributed by atoms with van der Waals surface area (Å²) >= 11 is 0. The van der Waals surface area contributed by atoms with Crippen LogP contribution in [0.5, 0.6) is 0 Å². The van der Waals surface area contributed by atoms with Crippen molar-refractivity contribution in [3.05, 3.63) is 48.7 Å². The van der Waals surface area contributed by atoms with Crippen LogP contribution in [-0.4, -0.2) is 47.6 Å². The summed E-state index contributed by atoms with van der Waals surface area (Å²) in [5.74, 6) is 2.74. The second kappa shape index (κ2) is 8.36. The molecular weight excluding hydrogens is 368 g/mol. The molecule has 0 radical (unpaired) electrons. The smallest absolute Gasteiger partial charge is 0.228 e. The number of hydrogen-bond acceptors (Lipinski definition) is 7. The van der Waals surface area contributed by atoms with Crippen molar-refractivity contribution < 1.29 is 4.74 Å². The number of fused-ring (bicyclic) bond motifs is 1. The van der Waals surface area contributed by atoms with E-state index >= 15 is 0 Å². The third-order valence-corrected chi connectivity index (χ3v) is 4.41. The van der Waals surface area contributed by atoms with Gasteiger partial charge in [-0.3, -0.25) is 9.08 Å². The fraction of sp³-hybridized carbons (Fsp3) is 0.350. The van der Waals surface area contributed by atoms with Crippen molar-refractivity contribution in [1.29, 1.82) is 0 Å². The van der Waals surface area contributed by atoms with Crippen molar-refractivity contribution in [2.24, 2.45) is 13.0 Å². The van der Waals surface area contributed by atoms with Crippen LogP contribution in [0.1, 0.15) is 19.7 Å². The molecule has 4 heterocycles. The van der Waals surface area contributed by atoms with E-state index in [1.807, 2.05) is 41.9 Å². The highest BCUT2D eigenvalue weighted by Gasteiger charge is 2.09. The second-order valence-electron chi connectivity index (χ2n) is 7.21. The first kappa shape index (κ1) is 19.0. The molecule has 0 aliphatic rings. The fourth-order valence-electron chi connectivity index (χ4n) is 2.94. The number of aryl methyl sites for hydroxylation is 1. The Labute approximate surface area is 168 Å². The maximum absolute atomic E-state index is 5.66. The van der Waals surface area contributed by atoms with E-state index in [2.05, 4.69) is 44.4 Å². The summed E-state index contributed by atoms with van der Waals surface area (Å²) < 4.78 is 9.37. The predicted molar refractivity (Wildman–Crippen MR) is 110 cm³/mol. The van der Waals surface area contributed by atoms with Crippen molar-refractivity contribution in [3.63, 3.8) is 0 Å². The average Bonchev–Trinajstić information content (AvgIpc) is 3.31. The zero-order valence-electron chi connectivity index (χ0n) is 16.8. The Morgan fingerprint density at radius 2 is 2.03 bits per heavy atom. The summed E-state index contributed by atoms with van der Waals surface area (Å²) in [6.45, 7) is 5.66. The number of ether oxygens (including phenoxy) is 1. The third-order valence-electron chi connectivity index (χ3n) is 4.41. The zero-order chi connectivity index (χ0) is 20.2. The van der Waals surface area contributed by atoms with Gasteiger partial charge in [0.1, 0.15) is 11.6 Å². The Hall–Kier alpha value is -3.33. The van der Waals surface area contributed by atoms with Gasteiger partial charge in [-0.15, -0.1) is 10.2 Å². The van der Waals surface area contributed by atoms with Crippen LogP contribution in [0, 0.1) is 5.92 Å². The SMILES string of the molecule is CC(C)COCCc1nnc2cc(-c3ccnc(Nc4ccnn4C)n3)ccn12. The van der Waals surface area contributed by atoms with Gasteiger partial charge in [0.25, 0.3) is 0 Å². The summed E-state index contributed by atoms with van der Waals surface area (Å²) in [5, 5.41) is 15.9. The minimum absolute atomic E-state index is 0.510. The molecule has 4 aromatic heterocycles. The molecule has 0 unspecified atom stereocenters. The molecule has 0 saturated heterocycles. The number of pyridine rings is 1. The molecule has 4 aromatic rings. The molecular formula is C20H24N8O. The van der Waals surface area contributed by atoms with Gasteiger partial charge in [0, 0.05) is 44.1 Å². The van der Waals surface area contributed by atoms with E-state index in [1.165, 1.54) is 0 Å². The first-order valence-corrected chi connectivity index (χ1v) is 9.60. The molecule has 0 spiro atoms. The van der Waals surface area contributed by atoms with Gasteiger partial charge in [-0.1, -0.05) is 13.8 Å². The highest BCUT2D eigenvalue weighted by atomic mass is 16.5. The number of nitrogens with one attached hydrogen (secondary N) is 1. The van der Waals surface area contributed by atoms with E-state index in [0.717, 1.165) is 41.6 Å². The van der Waals surface area contributed by atoms with Gasteiger partial charge in [-0.2, -0.15) is 5.10 Å². The molecule has 0 atom stereocenters. The summed E-state index contributed by atoms with van der Waals surface area (Å²) in [6, 6.07) is 7.72. The second-order valence-corrected chi connectivity index (χ2v) is 7.21. The lowest BCUT2D eigenvalue weighted by molar-refractivity contribution is 0.111. The van der Waals surface area contributed by atoms with Crippen molar-refractivity contribution >= 4 is 17.4 Å². The molecule has 0 aliphatic heterocycles. The Kier molecular flexibility index (Phi) is 5.48. The van der Waals surface area contributed by atoms with E-state index in [0.29, 0.717) is 18.5 Å². The van der Waals surface area contributed by atoms with Gasteiger partial charge in [0.05, 0.1) is 18.5 Å². The molecule has 29 heavy (non-hydrogen) atoms. The Morgan fingerprint density at radius 1 is 1.14 bits per heavy atom. The molecule has 9 heteroatoms. The lowest BCUT2D eigenvalue weighted by Crippen LogP contribution is -2.07. The molecule has 0 aromatic carbocycles. The molecule has 4 rings (SSSR count). The van der Waals surface area contributed by atoms with Gasteiger partial charge in [-0.25, -0.2) is 9.97 Å². The van der Waals surface area contributed by atoms with Crippen molar-refractivity contribution in [2.45, 2.75) is 20.3 Å². The fourth-order valence-corrected chi connectivity index (χ4v) is 2.94. The van der Waals surface area contributed by atoms with Gasteiger partial charge < -0.3 is 10.1 Å². The monoisotopic (exact) mass is 392 g/mol. The molecule has 1 N–H and O–H groups in total. The van der Waals surface area contributed by atoms with Crippen LogP contribution in [0.15, 0.2) is 42.9 Å². The van der Waals surface area contributed by atoms with Crippen LogP contribution in [0.2, 0.25) is 0 Å². The Bertz CT molecular complexity index is 1100. The quantitative estimate of drug-likeness (QED) is 0.461. The highest BCUT2D eigenvalue weighted by molar-refractivity contribution is 5.65. The van der Waals surface area contributed by atoms with Crippen LogP contribution >= 0.6 is 0 Å². The summed E-state index contributed by atoms with van der Waals surface area (Å²) in [5.41, 5.74) is 2.53. The Balaban J connectivity index is 1.51. The molecule has 0 amide bonds. The highest BCUT2D eigenvalue weighted by Crippen LogP contribution is 2.21. The molecule has 150 valence electrons. The minimum atomic E-state index is 0.510. The van der Waals surface area contributed by atoms with Gasteiger partial charge >= 0.3 is 0 Å². The van der Waals surface area contributed by atoms with Gasteiger partial charge in [0.2, 0.25) is 5.95 Å². The van der Waals surface area contributed by atoms with E-state index < -0.39 is 0 Å². The number of nitrogens with zero attached hydrogens (tertiary/aromatic N) is 7. The summed E-state index contributed by atoms with van der Waals surface area (Å²) in [7, 11) is 1.86. The van der Waals surface area contributed by atoms with Gasteiger partial charge in [0.15, 0.2) is 5.65 Å². The molecule has 0 bridgehead atoms. The number of hydrogen-bond donors (Lipinski definition) is 1. The lowest BCUT2D eigenvalue weighted by Gasteiger charge is -2.07. The molecule has 0 aliphatic carbocycles. The topological polar surface area (TPSA) is 95.0 Å². The first-order valence-electron chi connectivity index (χ1n) is 9.60. The maximum atomic E-state index is 5.66.